The normalized spacial score (nSPS) is 21.1. The second kappa shape index (κ2) is 13.8. The monoisotopic (exact) mass is 733 g/mol. The number of anilines is 2. The molecule has 0 bridgehead atoms. The molecule has 0 radical (unpaired) electrons. The molecule has 12 heteroatoms. The van der Waals surface area contributed by atoms with Crippen LogP contribution < -0.4 is 20.3 Å². The third-order valence-electron chi connectivity index (χ3n) is 9.81. The van der Waals surface area contributed by atoms with E-state index in [2.05, 4.69) is 36.3 Å². The molecule has 6 rings (SSSR count). The number of rotatable bonds is 9. The summed E-state index contributed by atoms with van der Waals surface area (Å²) in [5.74, 6) is -3.94. The van der Waals surface area contributed by atoms with Crippen LogP contribution in [-0.2, 0) is 16.8 Å². The summed E-state index contributed by atoms with van der Waals surface area (Å²) in [6.45, 7) is 6.98. The number of carboxylic acids is 2. The molecular weight excluding hydrogens is 696 g/mol. The number of halogens is 3. The number of benzene rings is 4. The maximum absolute atomic E-state index is 16.4. The van der Waals surface area contributed by atoms with Crippen molar-refractivity contribution >= 4 is 52.4 Å². The van der Waals surface area contributed by atoms with Crippen molar-refractivity contribution < 1.29 is 33.7 Å². The number of carbonyl (C=O) groups excluding carboxylic acids is 1. The Morgan fingerprint density at radius 3 is 2.37 bits per heavy atom. The van der Waals surface area contributed by atoms with Crippen LogP contribution in [0.15, 0.2) is 78.9 Å². The van der Waals surface area contributed by atoms with Crippen LogP contribution in [0.4, 0.5) is 15.8 Å². The van der Waals surface area contributed by atoms with E-state index in [-0.39, 0.29) is 44.6 Å². The van der Waals surface area contributed by atoms with Crippen molar-refractivity contribution in [3.63, 3.8) is 0 Å². The summed E-state index contributed by atoms with van der Waals surface area (Å²) in [6, 6.07) is 19.9. The first-order valence-corrected chi connectivity index (χ1v) is 17.2. The van der Waals surface area contributed by atoms with Crippen LogP contribution in [0.2, 0.25) is 10.0 Å². The highest BCUT2D eigenvalue weighted by molar-refractivity contribution is 6.31. The molecule has 1 saturated heterocycles. The van der Waals surface area contributed by atoms with Gasteiger partial charge in [-0.05, 0) is 77.1 Å². The molecule has 51 heavy (non-hydrogen) atoms. The Hall–Kier alpha value is -4.64. The summed E-state index contributed by atoms with van der Waals surface area (Å²) in [7, 11) is 1.38. The molecule has 9 nitrogen and oxygen atoms in total. The zero-order valence-corrected chi connectivity index (χ0v) is 30.0. The van der Waals surface area contributed by atoms with E-state index in [1.54, 1.807) is 30.3 Å². The smallest absolute Gasteiger partial charge is 0.335 e. The van der Waals surface area contributed by atoms with Crippen molar-refractivity contribution in [2.24, 2.45) is 5.41 Å². The van der Waals surface area contributed by atoms with Gasteiger partial charge in [0.2, 0.25) is 5.91 Å². The minimum Gasteiger partial charge on any atom is -0.495 e. The van der Waals surface area contributed by atoms with Gasteiger partial charge >= 0.3 is 11.9 Å². The van der Waals surface area contributed by atoms with Gasteiger partial charge in [0.05, 0.1) is 35.0 Å². The molecule has 1 spiro atoms. The van der Waals surface area contributed by atoms with E-state index in [4.69, 9.17) is 27.9 Å². The summed E-state index contributed by atoms with van der Waals surface area (Å²) in [5, 5.41) is 26.2. The zero-order chi connectivity index (χ0) is 36.8. The minimum absolute atomic E-state index is 0.0119. The van der Waals surface area contributed by atoms with Crippen LogP contribution in [0.3, 0.4) is 0 Å². The molecule has 4 N–H and O–H groups in total. The Morgan fingerprint density at radius 1 is 0.980 bits per heavy atom. The van der Waals surface area contributed by atoms with Crippen LogP contribution in [0.25, 0.3) is 0 Å². The van der Waals surface area contributed by atoms with Crippen LogP contribution in [0, 0.1) is 11.2 Å². The fourth-order valence-electron chi connectivity index (χ4n) is 7.79. The van der Waals surface area contributed by atoms with Crippen molar-refractivity contribution in [3.05, 3.63) is 123 Å². The topological polar surface area (TPSA) is 128 Å². The molecule has 266 valence electrons. The number of fused-ring (bicyclic) bond motifs is 2. The van der Waals surface area contributed by atoms with Crippen LogP contribution in [-0.4, -0.2) is 53.8 Å². The summed E-state index contributed by atoms with van der Waals surface area (Å²) in [6.07, 6.45) is 0.594. The molecule has 4 aromatic carbocycles. The number of ether oxygens (including phenoxy) is 1. The number of carbonyl (C=O) groups is 3. The number of nitrogens with zero attached hydrogens (tertiary/aromatic N) is 1. The number of methoxy groups -OCH3 is 1. The van der Waals surface area contributed by atoms with E-state index in [0.717, 1.165) is 16.8 Å². The lowest BCUT2D eigenvalue weighted by molar-refractivity contribution is -0.118. The van der Waals surface area contributed by atoms with Gasteiger partial charge in [-0.15, -0.1) is 0 Å². The first kappa shape index (κ1) is 36.2. The average molecular weight is 735 g/mol. The predicted molar refractivity (Wildman–Crippen MR) is 195 cm³/mol. The molecule has 2 aliphatic heterocycles. The van der Waals surface area contributed by atoms with E-state index >= 15 is 4.39 Å². The number of hydrogen-bond acceptors (Lipinski definition) is 6. The summed E-state index contributed by atoms with van der Waals surface area (Å²) in [5.41, 5.74) is 1.93. The molecule has 0 aliphatic carbocycles. The lowest BCUT2D eigenvalue weighted by atomic mass is 9.63. The number of carboxylic acid groups (broad SMARTS) is 2. The van der Waals surface area contributed by atoms with Crippen molar-refractivity contribution in [2.45, 2.75) is 57.2 Å². The lowest BCUT2D eigenvalue weighted by Gasteiger charge is -2.40. The van der Waals surface area contributed by atoms with E-state index < -0.39 is 41.0 Å². The Kier molecular flexibility index (Phi) is 9.80. The largest absolute Gasteiger partial charge is 0.495 e. The van der Waals surface area contributed by atoms with Crippen molar-refractivity contribution in [2.75, 3.05) is 23.9 Å². The fourth-order valence-corrected chi connectivity index (χ4v) is 8.13. The standard InChI is InChI=1S/C39H38Cl2FN3O6/c1-38(2,3)18-31-39(20-45(29-17-24(40)12-13-26(29)39)19-21-7-5-8-22(15-21)36(47)48)32(25-9-6-10-27(41)33(25)42)34(44-31)35(46)43-28-14-11-23(37(49)50)16-30(28)51-4/h5-17,31-32,34,44H,18-20H2,1-4H3,(H,43,46)(H,47,48)(H,49,50)/t31-,32-,34+,39-/m0/s1. The third-order valence-corrected chi connectivity index (χ3v) is 10.3. The van der Waals surface area contributed by atoms with Crippen molar-refractivity contribution in [3.8, 4) is 5.75 Å². The van der Waals surface area contributed by atoms with Gasteiger partial charge in [-0.1, -0.05) is 74.3 Å². The van der Waals surface area contributed by atoms with Crippen LogP contribution in [0.1, 0.15) is 70.5 Å². The summed E-state index contributed by atoms with van der Waals surface area (Å²) >= 11 is 13.0. The molecule has 1 amide bonds. The van der Waals surface area contributed by atoms with Gasteiger partial charge in [0.15, 0.2) is 0 Å². The fraction of sp³-hybridized carbons (Fsp3) is 0.308. The number of aromatic carboxylic acids is 2. The van der Waals surface area contributed by atoms with Crippen molar-refractivity contribution in [1.29, 1.82) is 0 Å². The Bertz CT molecular complexity index is 2030. The predicted octanol–water partition coefficient (Wildman–Crippen LogP) is 7.99. The highest BCUT2D eigenvalue weighted by atomic mass is 35.5. The van der Waals surface area contributed by atoms with Gasteiger partial charge in [0.25, 0.3) is 0 Å². The Balaban J connectivity index is 1.53. The zero-order valence-electron chi connectivity index (χ0n) is 28.5. The van der Waals surface area contributed by atoms with Gasteiger partial charge in [0, 0.05) is 41.2 Å². The van der Waals surface area contributed by atoms with Gasteiger partial charge in [0.1, 0.15) is 11.6 Å². The molecule has 0 unspecified atom stereocenters. The quantitative estimate of drug-likeness (QED) is 0.136. The average Bonchev–Trinajstić information content (AvgIpc) is 3.55. The maximum atomic E-state index is 16.4. The van der Waals surface area contributed by atoms with Gasteiger partial charge < -0.3 is 30.5 Å². The van der Waals surface area contributed by atoms with Gasteiger partial charge in [-0.2, -0.15) is 0 Å². The minimum atomic E-state index is -1.15. The van der Waals surface area contributed by atoms with Crippen LogP contribution >= 0.6 is 23.2 Å². The molecule has 0 saturated carbocycles. The number of nitrogens with one attached hydrogen (secondary N) is 2. The van der Waals surface area contributed by atoms with Crippen LogP contribution in [0.5, 0.6) is 5.75 Å². The molecule has 2 heterocycles. The van der Waals surface area contributed by atoms with E-state index in [0.29, 0.717) is 24.5 Å². The third kappa shape index (κ3) is 6.88. The number of hydrogen-bond donors (Lipinski definition) is 4. The molecule has 4 aromatic rings. The van der Waals surface area contributed by atoms with Crippen molar-refractivity contribution in [1.82, 2.24) is 5.32 Å². The molecule has 0 aromatic heterocycles. The summed E-state index contributed by atoms with van der Waals surface area (Å²) in [4.78, 5) is 40.2. The van der Waals surface area contributed by atoms with E-state index in [9.17, 15) is 24.6 Å². The lowest BCUT2D eigenvalue weighted by Crippen LogP contribution is -2.48. The first-order valence-electron chi connectivity index (χ1n) is 16.4. The summed E-state index contributed by atoms with van der Waals surface area (Å²) < 4.78 is 21.9. The second-order valence-corrected chi connectivity index (χ2v) is 15.2. The van der Waals surface area contributed by atoms with Gasteiger partial charge in [-0.25, -0.2) is 14.0 Å². The van der Waals surface area contributed by atoms with E-state index in [1.165, 1.54) is 37.4 Å². The highest BCUT2D eigenvalue weighted by Crippen LogP contribution is 2.58. The molecule has 2 aliphatic rings. The SMILES string of the molecule is COc1cc(C(=O)O)ccc1NC(=O)[C@@H]1N[C@@H](CC(C)(C)C)[C@@]2(CN(Cc3cccc(C(=O)O)c3)c3cc(Cl)ccc32)[C@H]1c1cccc(Cl)c1F. The molecular formula is C39H38Cl2FN3O6. The molecule has 1 fully saturated rings. The van der Waals surface area contributed by atoms with Gasteiger partial charge in [-0.3, -0.25) is 4.79 Å². The van der Waals surface area contributed by atoms with E-state index in [1.807, 2.05) is 18.2 Å². The Labute approximate surface area is 305 Å². The maximum Gasteiger partial charge on any atom is 0.335 e. The second-order valence-electron chi connectivity index (χ2n) is 14.4. The first-order chi connectivity index (χ1) is 24.1. The highest BCUT2D eigenvalue weighted by Gasteiger charge is 2.63. The molecule has 4 atom stereocenters. The number of amides is 1. The Morgan fingerprint density at radius 2 is 1.69 bits per heavy atom.